The van der Waals surface area contributed by atoms with Crippen molar-refractivity contribution in [1.82, 2.24) is 4.90 Å². The van der Waals surface area contributed by atoms with E-state index in [4.69, 9.17) is 14.2 Å². The lowest BCUT2D eigenvalue weighted by Gasteiger charge is -2.64. The highest BCUT2D eigenvalue weighted by molar-refractivity contribution is 7.91. The quantitative estimate of drug-likeness (QED) is 0.337. The van der Waals surface area contributed by atoms with Crippen LogP contribution in [0.2, 0.25) is 0 Å². The lowest BCUT2D eigenvalue weighted by atomic mass is 9.41. The van der Waals surface area contributed by atoms with Crippen molar-refractivity contribution in [3.8, 4) is 0 Å². The number of amides is 1. The van der Waals surface area contributed by atoms with Crippen LogP contribution >= 0.6 is 0 Å². The second-order valence-corrected chi connectivity index (χ2v) is 21.7. The van der Waals surface area contributed by atoms with Crippen molar-refractivity contribution in [3.63, 3.8) is 0 Å². The SMILES string of the molecule is C[C@@H]1CC(CS(=O)(=O)c2ccccc2)OC2[C@H]1C1(C)CCC34CC35CCC(O[C@H]3CN(C(=O)CC6CC6)CCO3)C(C)(C)[C@@H]5CCC4[C@]1(C)[C@H]2O. The van der Waals surface area contributed by atoms with Gasteiger partial charge in [0.25, 0.3) is 0 Å². The first kappa shape index (κ1) is 35.2. The smallest absolute Gasteiger partial charge is 0.223 e. The molecule has 2 spiro atoms. The largest absolute Gasteiger partial charge is 0.390 e. The molecule has 1 N–H and O–H groups in total. The molecule has 9 heteroatoms. The van der Waals surface area contributed by atoms with E-state index in [9.17, 15) is 18.3 Å². The number of ether oxygens (including phenoxy) is 3. The molecule has 1 aromatic carbocycles. The van der Waals surface area contributed by atoms with Gasteiger partial charge in [-0.1, -0.05) is 52.8 Å². The Hall–Kier alpha value is -1.52. The molecular formula is C42H61NO7S. The zero-order valence-electron chi connectivity index (χ0n) is 31.5. The number of sulfone groups is 1. The predicted molar refractivity (Wildman–Crippen MR) is 193 cm³/mol. The molecular weight excluding hydrogens is 663 g/mol. The fraction of sp³-hybridized carbons (Fsp3) is 0.833. The summed E-state index contributed by atoms with van der Waals surface area (Å²) in [4.78, 5) is 15.2. The lowest BCUT2D eigenvalue weighted by Crippen LogP contribution is -2.60. The maximum atomic E-state index is 13.4. The lowest BCUT2D eigenvalue weighted by molar-refractivity contribution is -0.248. The molecule has 1 aromatic rings. The van der Waals surface area contributed by atoms with Gasteiger partial charge in [-0.2, -0.15) is 0 Å². The number of hydrogen-bond donors (Lipinski definition) is 1. The van der Waals surface area contributed by atoms with Crippen LogP contribution in [0.5, 0.6) is 0 Å². The Balaban J connectivity index is 0.923. The highest BCUT2D eigenvalue weighted by Crippen LogP contribution is 2.89. The third-order valence-electron chi connectivity index (χ3n) is 17.2. The van der Waals surface area contributed by atoms with Gasteiger partial charge in [0.1, 0.15) is 0 Å². The van der Waals surface area contributed by atoms with Crippen LogP contribution in [0.15, 0.2) is 35.2 Å². The minimum Gasteiger partial charge on any atom is -0.390 e. The number of fused-ring (bicyclic) bond motifs is 4. The van der Waals surface area contributed by atoms with Gasteiger partial charge in [-0.25, -0.2) is 8.42 Å². The Kier molecular flexibility index (Phi) is 8.10. The monoisotopic (exact) mass is 723 g/mol. The summed E-state index contributed by atoms with van der Waals surface area (Å²) in [5.74, 6) is 2.26. The Morgan fingerprint density at radius 3 is 2.45 bits per heavy atom. The molecule has 2 saturated heterocycles. The van der Waals surface area contributed by atoms with Crippen LogP contribution in [0.3, 0.4) is 0 Å². The molecule has 0 aromatic heterocycles. The van der Waals surface area contributed by atoms with Gasteiger partial charge in [-0.05, 0) is 128 Å². The van der Waals surface area contributed by atoms with Crippen molar-refractivity contribution in [2.75, 3.05) is 25.4 Å². The maximum absolute atomic E-state index is 13.4. The molecule has 6 aliphatic carbocycles. The number of carbonyl (C=O) groups is 1. The van der Waals surface area contributed by atoms with Crippen molar-refractivity contribution < 1.29 is 32.5 Å². The summed E-state index contributed by atoms with van der Waals surface area (Å²) in [5, 5.41) is 12.6. The fourth-order valence-corrected chi connectivity index (χ4v) is 16.0. The second kappa shape index (κ2) is 11.7. The normalized spacial score (nSPS) is 48.4. The van der Waals surface area contributed by atoms with E-state index in [0.717, 1.165) is 32.1 Å². The number of rotatable bonds is 7. The summed E-state index contributed by atoms with van der Waals surface area (Å²) in [6.45, 7) is 13.7. The number of nitrogens with zero attached hydrogens (tertiary/aromatic N) is 1. The number of hydrogen-bond acceptors (Lipinski definition) is 7. The van der Waals surface area contributed by atoms with Crippen LogP contribution in [0, 0.1) is 56.7 Å². The molecule has 13 atom stereocenters. The van der Waals surface area contributed by atoms with Crippen LogP contribution in [0.4, 0.5) is 0 Å². The molecule has 8 fully saturated rings. The third-order valence-corrected chi connectivity index (χ3v) is 19.0. The standard InChI is InChI=1S/C42H61NO7S/c1-26-21-28(24-51(46,47)29-9-7-6-8-10-29)49-36-35(26)39(4)17-18-42-25-41(42)16-15-32(38(2,3)30(41)13-14-31(42)40(39,5)37(36)45)50-34-23-43(19-20-48-34)33(44)22-27-11-12-27/h6-10,26-28,30-32,34-37,45H,11-25H2,1-5H3/t26-,28?,30+,31?,32?,34+,35+,36?,37+,39?,40-,41?,42?/m1/s1. The van der Waals surface area contributed by atoms with Crippen LogP contribution in [0.1, 0.15) is 105 Å². The zero-order chi connectivity index (χ0) is 35.8. The number of benzene rings is 1. The van der Waals surface area contributed by atoms with E-state index in [2.05, 4.69) is 34.6 Å². The Morgan fingerprint density at radius 1 is 0.980 bits per heavy atom. The fourth-order valence-electron chi connectivity index (χ4n) is 14.5. The molecule has 9 rings (SSSR count). The molecule has 8 aliphatic rings. The molecule has 6 saturated carbocycles. The number of morpholine rings is 1. The Morgan fingerprint density at radius 2 is 1.71 bits per heavy atom. The summed E-state index contributed by atoms with van der Waals surface area (Å²) in [5.41, 5.74) is 0.127. The molecule has 7 unspecified atom stereocenters. The van der Waals surface area contributed by atoms with Gasteiger partial charge in [0.15, 0.2) is 16.1 Å². The van der Waals surface area contributed by atoms with Crippen molar-refractivity contribution in [1.29, 1.82) is 0 Å². The van der Waals surface area contributed by atoms with E-state index in [1.165, 1.54) is 25.7 Å². The molecule has 0 radical (unpaired) electrons. The Bertz CT molecular complexity index is 1650. The van der Waals surface area contributed by atoms with Gasteiger partial charge in [-0.15, -0.1) is 0 Å². The van der Waals surface area contributed by atoms with E-state index in [1.807, 2.05) is 11.0 Å². The summed E-state index contributed by atoms with van der Waals surface area (Å²) in [7, 11) is -3.50. The topological polar surface area (TPSA) is 102 Å². The molecule has 2 heterocycles. The first-order chi connectivity index (χ1) is 24.2. The number of aliphatic hydroxyl groups is 1. The van der Waals surface area contributed by atoms with E-state index >= 15 is 0 Å². The second-order valence-electron chi connectivity index (χ2n) is 19.6. The van der Waals surface area contributed by atoms with E-state index in [-0.39, 0.29) is 69.1 Å². The van der Waals surface area contributed by atoms with Crippen molar-refractivity contribution in [2.24, 2.45) is 56.7 Å². The molecule has 0 bridgehead atoms. The average molecular weight is 724 g/mol. The van der Waals surface area contributed by atoms with E-state index < -0.39 is 22.0 Å². The molecule has 1 amide bonds. The summed E-state index contributed by atoms with van der Waals surface area (Å²) in [6.07, 6.45) is 10.1. The summed E-state index contributed by atoms with van der Waals surface area (Å²) < 4.78 is 46.6. The predicted octanol–water partition coefficient (Wildman–Crippen LogP) is 6.64. The van der Waals surface area contributed by atoms with Crippen LogP contribution in [-0.4, -0.2) is 80.5 Å². The van der Waals surface area contributed by atoms with Crippen LogP contribution in [0.25, 0.3) is 0 Å². The highest BCUT2D eigenvalue weighted by Gasteiger charge is 2.84. The third kappa shape index (κ3) is 5.02. The van der Waals surface area contributed by atoms with Gasteiger partial charge in [0, 0.05) is 18.4 Å². The minimum atomic E-state index is -3.50. The molecule has 282 valence electrons. The minimum absolute atomic E-state index is 0.0184. The molecule has 51 heavy (non-hydrogen) atoms. The highest BCUT2D eigenvalue weighted by atomic mass is 32.2. The number of carbonyl (C=O) groups excluding carboxylic acids is 1. The summed E-state index contributed by atoms with van der Waals surface area (Å²) in [6, 6.07) is 8.72. The van der Waals surface area contributed by atoms with Crippen molar-refractivity contribution in [3.05, 3.63) is 30.3 Å². The van der Waals surface area contributed by atoms with Gasteiger partial charge in [-0.3, -0.25) is 4.79 Å². The average Bonchev–Trinajstić information content (AvgIpc) is 4.02. The van der Waals surface area contributed by atoms with Gasteiger partial charge < -0.3 is 24.2 Å². The van der Waals surface area contributed by atoms with Crippen LogP contribution < -0.4 is 0 Å². The van der Waals surface area contributed by atoms with Crippen LogP contribution in [-0.2, 0) is 28.8 Å². The van der Waals surface area contributed by atoms with E-state index in [1.54, 1.807) is 24.3 Å². The first-order valence-corrected chi connectivity index (χ1v) is 22.0. The van der Waals surface area contributed by atoms with Gasteiger partial charge >= 0.3 is 0 Å². The van der Waals surface area contributed by atoms with E-state index in [0.29, 0.717) is 55.2 Å². The molecule has 8 nitrogen and oxygen atoms in total. The zero-order valence-corrected chi connectivity index (χ0v) is 32.3. The number of aliphatic hydroxyl groups excluding tert-OH is 1. The first-order valence-electron chi connectivity index (χ1n) is 20.3. The maximum Gasteiger partial charge on any atom is 0.223 e. The summed E-state index contributed by atoms with van der Waals surface area (Å²) >= 11 is 0. The van der Waals surface area contributed by atoms with Gasteiger partial charge in [0.2, 0.25) is 5.91 Å². The molecule has 2 aliphatic heterocycles. The Labute approximate surface area is 305 Å². The van der Waals surface area contributed by atoms with Gasteiger partial charge in [0.05, 0.1) is 48.2 Å². The van der Waals surface area contributed by atoms with Crippen molar-refractivity contribution in [2.45, 2.75) is 141 Å². The van der Waals surface area contributed by atoms with Crippen molar-refractivity contribution >= 4 is 15.7 Å².